The maximum Gasteiger partial charge on any atom is 0.165 e. The second kappa shape index (κ2) is 8.25. The quantitative estimate of drug-likeness (QED) is 0.735. The van der Waals surface area contributed by atoms with Crippen molar-refractivity contribution in [1.82, 2.24) is 5.32 Å². The van der Waals surface area contributed by atoms with E-state index < -0.39 is 5.60 Å². The summed E-state index contributed by atoms with van der Waals surface area (Å²) in [5.74, 6) is 1.57. The van der Waals surface area contributed by atoms with Gasteiger partial charge in [0.2, 0.25) is 0 Å². The first-order valence-corrected chi connectivity index (χ1v) is 7.73. The number of ether oxygens (including phenoxy) is 2. The van der Waals surface area contributed by atoms with Gasteiger partial charge in [-0.05, 0) is 32.4 Å². The fourth-order valence-corrected chi connectivity index (χ4v) is 1.78. The first kappa shape index (κ1) is 17.8. The van der Waals surface area contributed by atoms with Gasteiger partial charge in [0.1, 0.15) is 6.61 Å². The maximum absolute atomic E-state index is 10.4. The van der Waals surface area contributed by atoms with Crippen LogP contribution in [0, 0.1) is 5.92 Å². The molecule has 0 saturated heterocycles. The molecule has 0 saturated carbocycles. The Kier molecular flexibility index (Phi) is 6.99. The highest BCUT2D eigenvalue weighted by molar-refractivity contribution is 5.46. The predicted molar refractivity (Wildman–Crippen MR) is 85.9 cm³/mol. The highest BCUT2D eigenvalue weighted by Gasteiger charge is 2.27. The van der Waals surface area contributed by atoms with Crippen molar-refractivity contribution in [3.8, 4) is 11.5 Å². The van der Waals surface area contributed by atoms with Crippen molar-refractivity contribution in [3.05, 3.63) is 23.8 Å². The molecule has 120 valence electrons. The van der Waals surface area contributed by atoms with E-state index in [4.69, 9.17) is 9.47 Å². The molecule has 0 radical (unpaired) electrons. The van der Waals surface area contributed by atoms with E-state index in [1.807, 2.05) is 39.0 Å². The lowest BCUT2D eigenvalue weighted by Crippen LogP contribution is -2.38. The molecule has 1 rings (SSSR count). The molecule has 4 heteroatoms. The summed E-state index contributed by atoms with van der Waals surface area (Å²) in [6, 6.07) is 5.88. The molecule has 0 aromatic heterocycles. The summed E-state index contributed by atoms with van der Waals surface area (Å²) in [5, 5.41) is 13.7. The summed E-state index contributed by atoms with van der Waals surface area (Å²) >= 11 is 0. The van der Waals surface area contributed by atoms with Crippen molar-refractivity contribution in [2.24, 2.45) is 5.92 Å². The number of hydrogen-bond acceptors (Lipinski definition) is 4. The van der Waals surface area contributed by atoms with Gasteiger partial charge in [-0.25, -0.2) is 0 Å². The maximum atomic E-state index is 10.4. The third-order valence-electron chi connectivity index (χ3n) is 3.68. The Labute approximate surface area is 128 Å². The number of hydrogen-bond donors (Lipinski definition) is 2. The van der Waals surface area contributed by atoms with Crippen LogP contribution in [-0.4, -0.2) is 30.5 Å². The summed E-state index contributed by atoms with van der Waals surface area (Å²) in [5.41, 5.74) is 0.178. The zero-order valence-electron chi connectivity index (χ0n) is 13.9. The standard InChI is InChI=1S/C17H29NO3/c1-6-18-11-14-9-8-10-15(20-7-2)16(14)21-12-17(5,19)13(3)4/h8-10,13,18-19H,6-7,11-12H2,1-5H3. The van der Waals surface area contributed by atoms with Gasteiger partial charge in [-0.1, -0.05) is 32.9 Å². The Hall–Kier alpha value is -1.26. The molecular formula is C17H29NO3. The SMILES string of the molecule is CCNCc1cccc(OCC)c1OCC(C)(O)C(C)C. The van der Waals surface area contributed by atoms with Crippen LogP contribution in [0.2, 0.25) is 0 Å². The van der Waals surface area contributed by atoms with Gasteiger partial charge in [-0.3, -0.25) is 0 Å². The van der Waals surface area contributed by atoms with E-state index >= 15 is 0 Å². The fourth-order valence-electron chi connectivity index (χ4n) is 1.78. The highest BCUT2D eigenvalue weighted by Crippen LogP contribution is 2.32. The van der Waals surface area contributed by atoms with Crippen LogP contribution in [0.25, 0.3) is 0 Å². The first-order valence-electron chi connectivity index (χ1n) is 7.73. The molecule has 4 nitrogen and oxygen atoms in total. The van der Waals surface area contributed by atoms with Crippen LogP contribution in [-0.2, 0) is 6.54 Å². The monoisotopic (exact) mass is 295 g/mol. The summed E-state index contributed by atoms with van der Waals surface area (Å²) < 4.78 is 11.6. The minimum absolute atomic E-state index is 0.119. The van der Waals surface area contributed by atoms with Crippen molar-refractivity contribution in [2.75, 3.05) is 19.8 Å². The van der Waals surface area contributed by atoms with Gasteiger partial charge >= 0.3 is 0 Å². The Morgan fingerprint density at radius 3 is 2.52 bits per heavy atom. The van der Waals surface area contributed by atoms with E-state index in [1.165, 1.54) is 0 Å². The van der Waals surface area contributed by atoms with Gasteiger partial charge in [0.15, 0.2) is 11.5 Å². The Bertz CT molecular complexity index is 430. The van der Waals surface area contributed by atoms with Gasteiger partial charge in [0.05, 0.1) is 12.2 Å². The second-order valence-corrected chi connectivity index (χ2v) is 5.76. The van der Waals surface area contributed by atoms with Crippen molar-refractivity contribution in [1.29, 1.82) is 0 Å². The summed E-state index contributed by atoms with van der Waals surface area (Å²) in [7, 11) is 0. The van der Waals surface area contributed by atoms with Crippen LogP contribution in [0.4, 0.5) is 0 Å². The number of para-hydroxylation sites is 1. The van der Waals surface area contributed by atoms with E-state index in [0.717, 1.165) is 30.2 Å². The van der Waals surface area contributed by atoms with Gasteiger partial charge < -0.3 is 19.9 Å². The highest BCUT2D eigenvalue weighted by atomic mass is 16.5. The number of benzene rings is 1. The van der Waals surface area contributed by atoms with Crippen LogP contribution in [0.1, 0.15) is 40.2 Å². The summed E-state index contributed by atoms with van der Waals surface area (Å²) in [4.78, 5) is 0. The molecule has 0 aliphatic carbocycles. The van der Waals surface area contributed by atoms with E-state index in [1.54, 1.807) is 6.92 Å². The normalized spacial score (nSPS) is 14.0. The largest absolute Gasteiger partial charge is 0.490 e. The average molecular weight is 295 g/mol. The molecule has 1 aromatic rings. The molecule has 1 aromatic carbocycles. The number of rotatable bonds is 9. The zero-order valence-corrected chi connectivity index (χ0v) is 13.9. The Balaban J connectivity index is 2.94. The van der Waals surface area contributed by atoms with Gasteiger partial charge in [0, 0.05) is 12.1 Å². The molecule has 0 aliphatic rings. The third-order valence-corrected chi connectivity index (χ3v) is 3.68. The molecule has 21 heavy (non-hydrogen) atoms. The number of nitrogens with one attached hydrogen (secondary N) is 1. The van der Waals surface area contributed by atoms with Crippen molar-refractivity contribution >= 4 is 0 Å². The molecule has 0 amide bonds. The minimum Gasteiger partial charge on any atom is -0.490 e. The van der Waals surface area contributed by atoms with Gasteiger partial charge in [0.25, 0.3) is 0 Å². The average Bonchev–Trinajstić information content (AvgIpc) is 2.44. The van der Waals surface area contributed by atoms with E-state index in [0.29, 0.717) is 6.61 Å². The molecule has 1 atom stereocenters. The predicted octanol–water partition coefficient (Wildman–Crippen LogP) is 2.98. The molecule has 0 bridgehead atoms. The van der Waals surface area contributed by atoms with E-state index in [9.17, 15) is 5.11 Å². The molecule has 0 heterocycles. The Morgan fingerprint density at radius 1 is 1.24 bits per heavy atom. The van der Waals surface area contributed by atoms with Crippen molar-refractivity contribution in [2.45, 2.75) is 46.8 Å². The lowest BCUT2D eigenvalue weighted by molar-refractivity contribution is -0.0275. The lowest BCUT2D eigenvalue weighted by atomic mass is 9.94. The Morgan fingerprint density at radius 2 is 1.95 bits per heavy atom. The fraction of sp³-hybridized carbons (Fsp3) is 0.647. The van der Waals surface area contributed by atoms with E-state index in [2.05, 4.69) is 12.2 Å². The van der Waals surface area contributed by atoms with Gasteiger partial charge in [-0.2, -0.15) is 0 Å². The molecule has 1 unspecified atom stereocenters. The summed E-state index contributed by atoms with van der Waals surface area (Å²) in [6.45, 7) is 12.2. The lowest BCUT2D eigenvalue weighted by Gasteiger charge is -2.28. The molecule has 2 N–H and O–H groups in total. The van der Waals surface area contributed by atoms with Gasteiger partial charge in [-0.15, -0.1) is 0 Å². The first-order chi connectivity index (χ1) is 9.92. The van der Waals surface area contributed by atoms with Crippen molar-refractivity contribution < 1.29 is 14.6 Å². The number of aliphatic hydroxyl groups is 1. The molecular weight excluding hydrogens is 266 g/mol. The third kappa shape index (κ3) is 5.21. The van der Waals surface area contributed by atoms with E-state index in [-0.39, 0.29) is 12.5 Å². The topological polar surface area (TPSA) is 50.7 Å². The zero-order chi connectivity index (χ0) is 15.9. The van der Waals surface area contributed by atoms with Crippen molar-refractivity contribution in [3.63, 3.8) is 0 Å². The van der Waals surface area contributed by atoms with Crippen LogP contribution < -0.4 is 14.8 Å². The molecule has 0 fully saturated rings. The van der Waals surface area contributed by atoms with Crippen LogP contribution in [0.5, 0.6) is 11.5 Å². The minimum atomic E-state index is -0.866. The smallest absolute Gasteiger partial charge is 0.165 e. The van der Waals surface area contributed by atoms with Crippen LogP contribution in [0.15, 0.2) is 18.2 Å². The second-order valence-electron chi connectivity index (χ2n) is 5.76. The molecule has 0 aliphatic heterocycles. The summed E-state index contributed by atoms with van der Waals surface area (Å²) in [6.07, 6.45) is 0. The van der Waals surface area contributed by atoms with Crippen LogP contribution in [0.3, 0.4) is 0 Å². The molecule has 0 spiro atoms. The van der Waals surface area contributed by atoms with Crippen LogP contribution >= 0.6 is 0 Å².